The first-order valence-corrected chi connectivity index (χ1v) is 8.07. The SMILES string of the molecule is CCCC(=O)N1CCN(C/C=C/c2ccc(O)cc2)CC1C. The zero-order valence-electron chi connectivity index (χ0n) is 13.5. The molecule has 0 saturated carbocycles. The van der Waals surface area contributed by atoms with E-state index >= 15 is 0 Å². The van der Waals surface area contributed by atoms with Crippen LogP contribution in [0.3, 0.4) is 0 Å². The predicted molar refractivity (Wildman–Crippen MR) is 89.7 cm³/mol. The van der Waals surface area contributed by atoms with Gasteiger partial charge in [-0.25, -0.2) is 0 Å². The Morgan fingerprint density at radius 2 is 2.05 bits per heavy atom. The van der Waals surface area contributed by atoms with Crippen molar-refractivity contribution in [3.05, 3.63) is 35.9 Å². The number of phenolic OH excluding ortho intramolecular Hbond substituents is 1. The fourth-order valence-corrected chi connectivity index (χ4v) is 2.85. The summed E-state index contributed by atoms with van der Waals surface area (Å²) in [6, 6.07) is 7.47. The first kappa shape index (κ1) is 16.6. The molecule has 4 nitrogen and oxygen atoms in total. The van der Waals surface area contributed by atoms with Crippen LogP contribution < -0.4 is 0 Å². The molecule has 2 rings (SSSR count). The highest BCUT2D eigenvalue weighted by molar-refractivity contribution is 5.76. The number of hydrogen-bond donors (Lipinski definition) is 1. The number of phenols is 1. The second-order valence-electron chi connectivity index (χ2n) is 5.94. The minimum Gasteiger partial charge on any atom is -0.508 e. The van der Waals surface area contributed by atoms with E-state index in [9.17, 15) is 9.90 Å². The van der Waals surface area contributed by atoms with E-state index in [0.29, 0.717) is 12.2 Å². The first-order valence-electron chi connectivity index (χ1n) is 8.07. The van der Waals surface area contributed by atoms with Crippen molar-refractivity contribution < 1.29 is 9.90 Å². The van der Waals surface area contributed by atoms with Crippen LogP contribution in [0, 0.1) is 0 Å². The number of hydrogen-bond acceptors (Lipinski definition) is 3. The maximum atomic E-state index is 12.0. The largest absolute Gasteiger partial charge is 0.508 e. The Balaban J connectivity index is 1.81. The quantitative estimate of drug-likeness (QED) is 0.909. The average Bonchev–Trinajstić information content (AvgIpc) is 2.49. The lowest BCUT2D eigenvalue weighted by Gasteiger charge is -2.39. The Kier molecular flexibility index (Phi) is 6.01. The van der Waals surface area contributed by atoms with Crippen molar-refractivity contribution in [2.45, 2.75) is 32.7 Å². The Morgan fingerprint density at radius 1 is 1.32 bits per heavy atom. The molecular weight excluding hydrogens is 276 g/mol. The summed E-state index contributed by atoms with van der Waals surface area (Å²) in [6.45, 7) is 7.75. The Bertz CT molecular complexity index is 510. The number of benzene rings is 1. The van der Waals surface area contributed by atoms with Crippen molar-refractivity contribution in [1.82, 2.24) is 9.80 Å². The van der Waals surface area contributed by atoms with E-state index in [0.717, 1.165) is 38.2 Å². The normalized spacial score (nSPS) is 19.7. The third kappa shape index (κ3) is 4.60. The zero-order chi connectivity index (χ0) is 15.9. The third-order valence-electron chi connectivity index (χ3n) is 4.06. The molecule has 1 aromatic carbocycles. The topological polar surface area (TPSA) is 43.8 Å². The van der Waals surface area contributed by atoms with E-state index in [1.807, 2.05) is 24.0 Å². The van der Waals surface area contributed by atoms with E-state index in [-0.39, 0.29) is 11.9 Å². The van der Waals surface area contributed by atoms with Gasteiger partial charge in [0.2, 0.25) is 5.91 Å². The average molecular weight is 302 g/mol. The van der Waals surface area contributed by atoms with Crippen LogP contribution in [-0.2, 0) is 4.79 Å². The van der Waals surface area contributed by atoms with E-state index < -0.39 is 0 Å². The highest BCUT2D eigenvalue weighted by Crippen LogP contribution is 2.13. The summed E-state index contributed by atoms with van der Waals surface area (Å²) >= 11 is 0. The van der Waals surface area contributed by atoms with Crippen LogP contribution in [0.4, 0.5) is 0 Å². The molecule has 1 aromatic rings. The molecule has 1 unspecified atom stereocenters. The van der Waals surface area contributed by atoms with E-state index in [2.05, 4.69) is 24.0 Å². The molecule has 0 aliphatic carbocycles. The molecule has 1 fully saturated rings. The van der Waals surface area contributed by atoms with Gasteiger partial charge >= 0.3 is 0 Å². The van der Waals surface area contributed by atoms with Crippen LogP contribution in [-0.4, -0.2) is 53.0 Å². The summed E-state index contributed by atoms with van der Waals surface area (Å²) in [5, 5.41) is 9.26. The molecule has 1 aliphatic rings. The highest BCUT2D eigenvalue weighted by atomic mass is 16.3. The molecular formula is C18H26N2O2. The molecule has 0 radical (unpaired) electrons. The van der Waals surface area contributed by atoms with Gasteiger partial charge in [-0.05, 0) is 31.0 Å². The van der Waals surface area contributed by atoms with Crippen LogP contribution in [0.15, 0.2) is 30.3 Å². The minimum absolute atomic E-state index is 0.286. The monoisotopic (exact) mass is 302 g/mol. The standard InChI is InChI=1S/C18H26N2O2/c1-3-5-18(22)20-13-12-19(14-15(20)2)11-4-6-16-7-9-17(21)10-8-16/h4,6-10,15,21H,3,5,11-14H2,1-2H3/b6-4+. The van der Waals surface area contributed by atoms with Crippen LogP contribution >= 0.6 is 0 Å². The van der Waals surface area contributed by atoms with Gasteiger partial charge in [0, 0.05) is 38.6 Å². The molecule has 0 aromatic heterocycles. The third-order valence-corrected chi connectivity index (χ3v) is 4.06. The number of carbonyl (C=O) groups excluding carboxylic acids is 1. The van der Waals surface area contributed by atoms with Gasteiger partial charge in [-0.3, -0.25) is 9.69 Å². The van der Waals surface area contributed by atoms with Crippen LogP contribution in [0.2, 0.25) is 0 Å². The lowest BCUT2D eigenvalue weighted by Crippen LogP contribution is -2.53. The maximum absolute atomic E-state index is 12.0. The number of aromatic hydroxyl groups is 1. The molecule has 22 heavy (non-hydrogen) atoms. The van der Waals surface area contributed by atoms with Crippen molar-refractivity contribution in [1.29, 1.82) is 0 Å². The summed E-state index contributed by atoms with van der Waals surface area (Å²) in [4.78, 5) is 16.4. The van der Waals surface area contributed by atoms with E-state index in [4.69, 9.17) is 0 Å². The number of carbonyl (C=O) groups is 1. The van der Waals surface area contributed by atoms with Gasteiger partial charge in [0.1, 0.15) is 5.75 Å². The summed E-state index contributed by atoms with van der Waals surface area (Å²) in [5.74, 6) is 0.577. The van der Waals surface area contributed by atoms with Gasteiger partial charge in [-0.15, -0.1) is 0 Å². The van der Waals surface area contributed by atoms with Crippen molar-refractivity contribution in [2.24, 2.45) is 0 Å². The Labute approximate surface area is 133 Å². The number of piperazine rings is 1. The molecule has 1 amide bonds. The zero-order valence-corrected chi connectivity index (χ0v) is 13.5. The van der Waals surface area contributed by atoms with Crippen molar-refractivity contribution in [2.75, 3.05) is 26.2 Å². The Morgan fingerprint density at radius 3 is 2.68 bits per heavy atom. The molecule has 1 N–H and O–H groups in total. The molecule has 1 atom stereocenters. The van der Waals surface area contributed by atoms with Crippen molar-refractivity contribution in [3.8, 4) is 5.75 Å². The molecule has 0 bridgehead atoms. The van der Waals surface area contributed by atoms with Crippen LogP contribution in [0.5, 0.6) is 5.75 Å². The number of nitrogens with zero attached hydrogens (tertiary/aromatic N) is 2. The molecule has 4 heteroatoms. The lowest BCUT2D eigenvalue weighted by molar-refractivity contribution is -0.135. The van der Waals surface area contributed by atoms with Crippen LogP contribution in [0.1, 0.15) is 32.3 Å². The van der Waals surface area contributed by atoms with Crippen LogP contribution in [0.25, 0.3) is 6.08 Å². The summed E-state index contributed by atoms with van der Waals surface area (Å²) in [5.41, 5.74) is 1.09. The van der Waals surface area contributed by atoms with Gasteiger partial charge in [0.15, 0.2) is 0 Å². The van der Waals surface area contributed by atoms with E-state index in [1.165, 1.54) is 0 Å². The van der Waals surface area contributed by atoms with Crippen molar-refractivity contribution >= 4 is 12.0 Å². The van der Waals surface area contributed by atoms with Gasteiger partial charge in [-0.2, -0.15) is 0 Å². The first-order chi connectivity index (χ1) is 10.6. The molecule has 1 aliphatic heterocycles. The number of amides is 1. The molecule has 120 valence electrons. The molecule has 1 heterocycles. The lowest BCUT2D eigenvalue weighted by atomic mass is 10.1. The van der Waals surface area contributed by atoms with Gasteiger partial charge in [0.25, 0.3) is 0 Å². The fourth-order valence-electron chi connectivity index (χ4n) is 2.85. The summed E-state index contributed by atoms with van der Waals surface area (Å²) < 4.78 is 0. The fraction of sp³-hybridized carbons (Fsp3) is 0.500. The predicted octanol–water partition coefficient (Wildman–Crippen LogP) is 2.74. The molecule has 0 spiro atoms. The van der Waals surface area contributed by atoms with Crippen molar-refractivity contribution in [3.63, 3.8) is 0 Å². The minimum atomic E-state index is 0.286. The Hall–Kier alpha value is -1.81. The maximum Gasteiger partial charge on any atom is 0.222 e. The van der Waals surface area contributed by atoms with Gasteiger partial charge in [0.05, 0.1) is 0 Å². The number of rotatable bonds is 5. The second-order valence-corrected chi connectivity index (χ2v) is 5.94. The second kappa shape index (κ2) is 7.99. The van der Waals surface area contributed by atoms with Gasteiger partial charge in [-0.1, -0.05) is 31.2 Å². The summed E-state index contributed by atoms with van der Waals surface area (Å²) in [7, 11) is 0. The smallest absolute Gasteiger partial charge is 0.222 e. The molecule has 1 saturated heterocycles. The van der Waals surface area contributed by atoms with Gasteiger partial charge < -0.3 is 10.0 Å². The summed E-state index contributed by atoms with van der Waals surface area (Å²) in [6.07, 6.45) is 5.79. The highest BCUT2D eigenvalue weighted by Gasteiger charge is 2.25. The van der Waals surface area contributed by atoms with E-state index in [1.54, 1.807) is 12.1 Å².